The summed E-state index contributed by atoms with van der Waals surface area (Å²) in [6, 6.07) is 0. The van der Waals surface area contributed by atoms with E-state index in [4.69, 9.17) is 4.74 Å². The molecule has 0 radical (unpaired) electrons. The fourth-order valence-electron chi connectivity index (χ4n) is 0.774. The molecule has 11 heavy (non-hydrogen) atoms. The van der Waals surface area contributed by atoms with Crippen LogP contribution in [0.2, 0.25) is 0 Å². The first-order valence-electron chi connectivity index (χ1n) is 3.16. The Bertz CT molecular complexity index is 239. The fourth-order valence-corrected chi connectivity index (χ4v) is 0.774. The molecule has 0 saturated heterocycles. The van der Waals surface area contributed by atoms with E-state index in [0.29, 0.717) is 5.76 Å². The fraction of sp³-hybridized carbons (Fsp3) is 0.429. The van der Waals surface area contributed by atoms with E-state index in [1.54, 1.807) is 6.92 Å². The summed E-state index contributed by atoms with van der Waals surface area (Å²) >= 11 is 0. The van der Waals surface area contributed by atoms with Crippen molar-refractivity contribution < 1.29 is 19.1 Å². The maximum absolute atomic E-state index is 10.9. The summed E-state index contributed by atoms with van der Waals surface area (Å²) in [5.41, 5.74) is 0. The topological polar surface area (TPSA) is 52.6 Å². The number of esters is 1. The second kappa shape index (κ2) is 2.74. The molecule has 0 bridgehead atoms. The Morgan fingerprint density at radius 1 is 1.64 bits per heavy atom. The van der Waals surface area contributed by atoms with Crippen molar-refractivity contribution in [1.29, 1.82) is 0 Å². The van der Waals surface area contributed by atoms with E-state index in [-0.39, 0.29) is 18.1 Å². The molecule has 0 aromatic rings. The van der Waals surface area contributed by atoms with Gasteiger partial charge in [-0.25, -0.2) is 0 Å². The average Bonchev–Trinajstić information content (AvgIpc) is 2.18. The predicted molar refractivity (Wildman–Crippen MR) is 35.4 cm³/mol. The second-order valence-corrected chi connectivity index (χ2v) is 2.19. The quantitative estimate of drug-likeness (QED) is 0.515. The molecule has 60 valence electrons. The molecule has 0 saturated carbocycles. The van der Waals surface area contributed by atoms with Crippen molar-refractivity contribution in [2.24, 2.45) is 0 Å². The number of carbonyl (C=O) groups excluding carboxylic acids is 2. The molecule has 0 aliphatic carbocycles. The predicted octanol–water partition coefficient (Wildman–Crippen LogP) is 0.380. The summed E-state index contributed by atoms with van der Waals surface area (Å²) in [6.07, 6.45) is 0. The Morgan fingerprint density at radius 2 is 2.27 bits per heavy atom. The van der Waals surface area contributed by atoms with Crippen LogP contribution in [0.25, 0.3) is 0 Å². The summed E-state index contributed by atoms with van der Waals surface area (Å²) in [6.45, 7) is 2.81. The van der Waals surface area contributed by atoms with E-state index in [2.05, 4.69) is 4.74 Å². The zero-order valence-corrected chi connectivity index (χ0v) is 6.34. The molecule has 1 rings (SSSR count). The SMILES string of the molecule is CC(=O)OC1=C(C)OCC1=O. The van der Waals surface area contributed by atoms with E-state index in [1.165, 1.54) is 6.92 Å². The summed E-state index contributed by atoms with van der Waals surface area (Å²) in [7, 11) is 0. The van der Waals surface area contributed by atoms with Crippen LogP contribution in [-0.2, 0) is 19.1 Å². The van der Waals surface area contributed by atoms with Gasteiger partial charge in [0.25, 0.3) is 0 Å². The molecular formula is C7H8O4. The molecule has 1 aliphatic heterocycles. The van der Waals surface area contributed by atoms with Gasteiger partial charge in [-0.05, 0) is 6.92 Å². The highest BCUT2D eigenvalue weighted by atomic mass is 16.6. The highest BCUT2D eigenvalue weighted by Gasteiger charge is 2.24. The lowest BCUT2D eigenvalue weighted by molar-refractivity contribution is -0.139. The highest BCUT2D eigenvalue weighted by molar-refractivity contribution is 5.98. The van der Waals surface area contributed by atoms with Crippen LogP contribution in [0.4, 0.5) is 0 Å². The number of ether oxygens (including phenoxy) is 2. The van der Waals surface area contributed by atoms with Crippen LogP contribution in [-0.4, -0.2) is 18.4 Å². The van der Waals surface area contributed by atoms with Crippen molar-refractivity contribution in [3.63, 3.8) is 0 Å². The van der Waals surface area contributed by atoms with Gasteiger partial charge in [-0.1, -0.05) is 0 Å². The zero-order chi connectivity index (χ0) is 8.43. The molecule has 4 heteroatoms. The lowest BCUT2D eigenvalue weighted by atomic mass is 10.3. The lowest BCUT2D eigenvalue weighted by Gasteiger charge is -1.97. The Kier molecular flexibility index (Phi) is 1.94. The molecule has 0 fully saturated rings. The second-order valence-electron chi connectivity index (χ2n) is 2.19. The first kappa shape index (κ1) is 7.78. The van der Waals surface area contributed by atoms with Crippen LogP contribution in [0.15, 0.2) is 11.5 Å². The van der Waals surface area contributed by atoms with Crippen molar-refractivity contribution in [2.75, 3.05) is 6.61 Å². The molecule has 1 aliphatic rings. The van der Waals surface area contributed by atoms with E-state index in [9.17, 15) is 9.59 Å². The van der Waals surface area contributed by atoms with Crippen LogP contribution in [0.3, 0.4) is 0 Å². The highest BCUT2D eigenvalue weighted by Crippen LogP contribution is 2.16. The Labute approximate surface area is 63.8 Å². The van der Waals surface area contributed by atoms with Gasteiger partial charge in [-0.2, -0.15) is 0 Å². The standard InChI is InChI=1S/C7H8O4/c1-4-7(11-5(2)8)6(9)3-10-4/h3H2,1-2H3. The Hall–Kier alpha value is -1.32. The zero-order valence-electron chi connectivity index (χ0n) is 6.34. The van der Waals surface area contributed by atoms with Crippen LogP contribution in [0, 0.1) is 0 Å². The van der Waals surface area contributed by atoms with E-state index in [1.807, 2.05) is 0 Å². The molecule has 0 aromatic carbocycles. The largest absolute Gasteiger partial charge is 0.486 e. The summed E-state index contributed by atoms with van der Waals surface area (Å²) in [5, 5.41) is 0. The summed E-state index contributed by atoms with van der Waals surface area (Å²) in [5.74, 6) is -0.362. The van der Waals surface area contributed by atoms with Gasteiger partial charge >= 0.3 is 5.97 Å². The van der Waals surface area contributed by atoms with Crippen LogP contribution < -0.4 is 0 Å². The van der Waals surface area contributed by atoms with Gasteiger partial charge < -0.3 is 9.47 Å². The molecule has 0 spiro atoms. The third-order valence-corrected chi connectivity index (χ3v) is 1.24. The monoisotopic (exact) mass is 156 g/mol. The molecule has 0 atom stereocenters. The minimum absolute atomic E-state index is 0.0194. The van der Waals surface area contributed by atoms with Gasteiger partial charge in [0, 0.05) is 6.92 Å². The Balaban J connectivity index is 2.75. The van der Waals surface area contributed by atoms with Gasteiger partial charge in [0.15, 0.2) is 6.61 Å². The van der Waals surface area contributed by atoms with E-state index in [0.717, 1.165) is 0 Å². The lowest BCUT2D eigenvalue weighted by Crippen LogP contribution is -2.07. The number of carbonyl (C=O) groups is 2. The van der Waals surface area contributed by atoms with Crippen molar-refractivity contribution in [3.05, 3.63) is 11.5 Å². The summed E-state index contributed by atoms with van der Waals surface area (Å²) < 4.78 is 9.43. The third-order valence-electron chi connectivity index (χ3n) is 1.24. The average molecular weight is 156 g/mol. The molecule has 0 aromatic heterocycles. The maximum atomic E-state index is 10.9. The smallest absolute Gasteiger partial charge is 0.308 e. The summed E-state index contributed by atoms with van der Waals surface area (Å²) in [4.78, 5) is 21.3. The van der Waals surface area contributed by atoms with Gasteiger partial charge in [0.05, 0.1) is 0 Å². The number of ketones is 1. The number of rotatable bonds is 1. The number of Topliss-reactive ketones (excluding diaryl/α,β-unsaturated/α-hetero) is 1. The normalized spacial score (nSPS) is 16.7. The number of allylic oxidation sites excluding steroid dienone is 1. The van der Waals surface area contributed by atoms with Crippen molar-refractivity contribution in [1.82, 2.24) is 0 Å². The van der Waals surface area contributed by atoms with Crippen LogP contribution in [0.1, 0.15) is 13.8 Å². The maximum Gasteiger partial charge on any atom is 0.308 e. The minimum Gasteiger partial charge on any atom is -0.486 e. The first-order valence-corrected chi connectivity index (χ1v) is 3.16. The molecule has 0 amide bonds. The van der Waals surface area contributed by atoms with Crippen molar-refractivity contribution in [2.45, 2.75) is 13.8 Å². The molecule has 1 heterocycles. The van der Waals surface area contributed by atoms with E-state index < -0.39 is 5.97 Å². The third kappa shape index (κ3) is 1.58. The van der Waals surface area contributed by atoms with Crippen molar-refractivity contribution in [3.8, 4) is 0 Å². The van der Waals surface area contributed by atoms with Gasteiger partial charge in [0.1, 0.15) is 5.76 Å². The molecule has 4 nitrogen and oxygen atoms in total. The first-order chi connectivity index (χ1) is 5.11. The van der Waals surface area contributed by atoms with Crippen LogP contribution in [0.5, 0.6) is 0 Å². The molecular weight excluding hydrogens is 148 g/mol. The van der Waals surface area contributed by atoms with Gasteiger partial charge in [-0.15, -0.1) is 0 Å². The van der Waals surface area contributed by atoms with Gasteiger partial charge in [0.2, 0.25) is 11.5 Å². The Morgan fingerprint density at radius 3 is 2.64 bits per heavy atom. The van der Waals surface area contributed by atoms with Gasteiger partial charge in [-0.3, -0.25) is 9.59 Å². The minimum atomic E-state index is -0.502. The molecule has 0 unspecified atom stereocenters. The number of hydrogen-bond donors (Lipinski definition) is 0. The van der Waals surface area contributed by atoms with Crippen molar-refractivity contribution >= 4 is 11.8 Å². The van der Waals surface area contributed by atoms with E-state index >= 15 is 0 Å². The number of hydrogen-bond acceptors (Lipinski definition) is 4. The van der Waals surface area contributed by atoms with Crippen LogP contribution >= 0.6 is 0 Å². The molecule has 0 N–H and O–H groups in total.